The highest BCUT2D eigenvalue weighted by Gasteiger charge is 2.54. The van der Waals surface area contributed by atoms with Crippen LogP contribution in [0.25, 0.3) is 0 Å². The van der Waals surface area contributed by atoms with E-state index in [9.17, 15) is 4.79 Å². The van der Waals surface area contributed by atoms with Crippen molar-refractivity contribution in [2.24, 2.45) is 4.99 Å². The van der Waals surface area contributed by atoms with Crippen molar-refractivity contribution in [3.8, 4) is 5.75 Å². The highest BCUT2D eigenvalue weighted by atomic mass is 79.9. The van der Waals surface area contributed by atoms with Crippen molar-refractivity contribution in [1.82, 2.24) is 10.9 Å². The van der Waals surface area contributed by atoms with Crippen LogP contribution in [0.2, 0.25) is 0 Å². The van der Waals surface area contributed by atoms with Crippen LogP contribution < -0.4 is 15.6 Å². The summed E-state index contributed by atoms with van der Waals surface area (Å²) in [5.41, 5.74) is 9.76. The molecule has 5 aromatic rings. The maximum Gasteiger partial charge on any atom is 0.266 e. The normalized spacial score (nSPS) is 17.1. The number of halogens is 1. The third kappa shape index (κ3) is 7.68. The molecule has 0 aromatic heterocycles. The fourth-order valence-corrected chi connectivity index (χ4v) is 6.49. The standard InChI is InChI=1S/C40H38BrN3O4/c41-36-20-11-10-19-34(36)37-40(27-29-13-4-1-5-14-29,43-38(48-37)32-21-23-33(24-22-32)47-26-12-25-45)39(46)44-42-28-35(30-15-6-2-7-16-30)31-17-8-3-9-18-31/h1-11,13-24,35,37,42,45H,12,25-28H2,(H,44,46)/t37-,40-/m0/s1. The first-order chi connectivity index (χ1) is 23.6. The Balaban J connectivity index is 1.34. The second-order valence-corrected chi connectivity index (χ2v) is 12.5. The van der Waals surface area contributed by atoms with Gasteiger partial charge in [0.25, 0.3) is 5.91 Å². The molecule has 3 N–H and O–H groups in total. The van der Waals surface area contributed by atoms with Crippen molar-refractivity contribution in [3.05, 3.63) is 172 Å². The van der Waals surface area contributed by atoms with E-state index >= 15 is 0 Å². The van der Waals surface area contributed by atoms with Gasteiger partial charge in [0.15, 0.2) is 11.6 Å². The average Bonchev–Trinajstić information content (AvgIpc) is 3.51. The molecule has 7 nitrogen and oxygen atoms in total. The van der Waals surface area contributed by atoms with Crippen LogP contribution in [0, 0.1) is 0 Å². The van der Waals surface area contributed by atoms with E-state index in [4.69, 9.17) is 19.6 Å². The molecule has 1 aliphatic rings. The number of aliphatic hydroxyl groups is 1. The van der Waals surface area contributed by atoms with Gasteiger partial charge in [-0.1, -0.05) is 125 Å². The number of benzene rings is 5. The van der Waals surface area contributed by atoms with Crippen LogP contribution >= 0.6 is 15.9 Å². The first-order valence-corrected chi connectivity index (χ1v) is 16.9. The van der Waals surface area contributed by atoms with Gasteiger partial charge in [-0.3, -0.25) is 10.2 Å². The first-order valence-electron chi connectivity index (χ1n) is 16.1. The molecule has 1 heterocycles. The van der Waals surface area contributed by atoms with Gasteiger partial charge in [-0.25, -0.2) is 10.4 Å². The van der Waals surface area contributed by atoms with E-state index in [0.29, 0.717) is 37.6 Å². The lowest BCUT2D eigenvalue weighted by Crippen LogP contribution is -2.54. The van der Waals surface area contributed by atoms with Crippen LogP contribution in [-0.4, -0.2) is 42.2 Å². The summed E-state index contributed by atoms with van der Waals surface area (Å²) in [5.74, 6) is 0.756. The molecule has 0 saturated carbocycles. The van der Waals surface area contributed by atoms with Crippen molar-refractivity contribution in [1.29, 1.82) is 0 Å². The number of carbonyl (C=O) groups excluding carboxylic acids is 1. The predicted octanol–water partition coefficient (Wildman–Crippen LogP) is 7.16. The molecule has 0 bridgehead atoms. The maximum atomic E-state index is 14.7. The zero-order valence-corrected chi connectivity index (χ0v) is 28.1. The lowest BCUT2D eigenvalue weighted by Gasteiger charge is -2.31. The van der Waals surface area contributed by atoms with E-state index in [1.165, 1.54) is 0 Å². The van der Waals surface area contributed by atoms with Crippen LogP contribution in [0.3, 0.4) is 0 Å². The third-order valence-corrected chi connectivity index (χ3v) is 9.17. The smallest absolute Gasteiger partial charge is 0.266 e. The molecule has 5 aromatic carbocycles. The van der Waals surface area contributed by atoms with E-state index in [2.05, 4.69) is 51.0 Å². The molecule has 0 unspecified atom stereocenters. The van der Waals surface area contributed by atoms with Gasteiger partial charge in [0.05, 0.1) is 6.61 Å². The van der Waals surface area contributed by atoms with Gasteiger partial charge in [0.2, 0.25) is 5.90 Å². The molecule has 0 fully saturated rings. The van der Waals surface area contributed by atoms with E-state index in [-0.39, 0.29) is 18.4 Å². The van der Waals surface area contributed by atoms with Crippen LogP contribution in [-0.2, 0) is 16.0 Å². The molecule has 0 saturated heterocycles. The number of aliphatic hydroxyl groups excluding tert-OH is 1. The average molecular weight is 705 g/mol. The minimum absolute atomic E-state index is 0.00819. The monoisotopic (exact) mass is 703 g/mol. The Morgan fingerprint density at radius 1 is 0.833 bits per heavy atom. The largest absolute Gasteiger partial charge is 0.494 e. The zero-order valence-electron chi connectivity index (χ0n) is 26.5. The lowest BCUT2D eigenvalue weighted by molar-refractivity contribution is -0.130. The summed E-state index contributed by atoms with van der Waals surface area (Å²) < 4.78 is 13.2. The minimum atomic E-state index is -1.35. The van der Waals surface area contributed by atoms with E-state index < -0.39 is 11.6 Å². The molecular formula is C40H38BrN3O4. The molecule has 0 aliphatic carbocycles. The van der Waals surface area contributed by atoms with E-state index in [1.54, 1.807) is 0 Å². The first kappa shape index (κ1) is 33.2. The number of ether oxygens (including phenoxy) is 2. The fourth-order valence-electron chi connectivity index (χ4n) is 5.99. The number of hydrogen-bond donors (Lipinski definition) is 3. The quantitative estimate of drug-likeness (QED) is 0.0843. The number of carbonyl (C=O) groups is 1. The molecule has 2 atom stereocenters. The molecule has 244 valence electrons. The number of hydrogen-bond acceptors (Lipinski definition) is 6. The highest BCUT2D eigenvalue weighted by molar-refractivity contribution is 9.10. The Labute approximate surface area is 289 Å². The SMILES string of the molecule is O=C(NNCC(c1ccccc1)c1ccccc1)[C@@]1(Cc2ccccc2)N=C(c2ccc(OCCCO)cc2)O[C@H]1c1ccccc1Br. The van der Waals surface area contributed by atoms with Gasteiger partial charge in [-0.15, -0.1) is 0 Å². The van der Waals surface area contributed by atoms with Crippen LogP contribution in [0.5, 0.6) is 5.75 Å². The molecule has 48 heavy (non-hydrogen) atoms. The minimum Gasteiger partial charge on any atom is -0.494 e. The molecule has 1 aliphatic heterocycles. The predicted molar refractivity (Wildman–Crippen MR) is 192 cm³/mol. The summed E-state index contributed by atoms with van der Waals surface area (Å²) in [6.07, 6.45) is 0.123. The number of rotatable bonds is 14. The molecule has 1 amide bonds. The molecule has 8 heteroatoms. The van der Waals surface area contributed by atoms with Gasteiger partial charge in [0.1, 0.15) is 5.75 Å². The molecule has 0 radical (unpaired) electrons. The van der Waals surface area contributed by atoms with Crippen molar-refractivity contribution in [2.45, 2.75) is 30.4 Å². The number of aliphatic imine (C=N–C) groups is 1. The van der Waals surface area contributed by atoms with Crippen molar-refractivity contribution in [2.75, 3.05) is 19.8 Å². The Morgan fingerprint density at radius 3 is 2.06 bits per heavy atom. The van der Waals surface area contributed by atoms with Gasteiger partial charge in [-0.2, -0.15) is 0 Å². The second-order valence-electron chi connectivity index (χ2n) is 11.7. The van der Waals surface area contributed by atoms with E-state index in [1.807, 2.05) is 115 Å². The summed E-state index contributed by atoms with van der Waals surface area (Å²) in [6.45, 7) is 0.953. The zero-order chi connectivity index (χ0) is 33.2. The number of nitrogens with one attached hydrogen (secondary N) is 2. The Kier molecular flexibility index (Phi) is 11.0. The Morgan fingerprint density at radius 2 is 1.44 bits per heavy atom. The number of hydrazine groups is 1. The summed E-state index contributed by atoms with van der Waals surface area (Å²) in [6, 6.07) is 45.7. The van der Waals surface area contributed by atoms with Crippen LogP contribution in [0.15, 0.2) is 149 Å². The molecule has 0 spiro atoms. The Bertz CT molecular complexity index is 1760. The number of amides is 1. The Hall–Kier alpha value is -4.76. The van der Waals surface area contributed by atoms with Crippen molar-refractivity contribution < 1.29 is 19.4 Å². The van der Waals surface area contributed by atoms with Gasteiger partial charge < -0.3 is 14.6 Å². The van der Waals surface area contributed by atoms with Gasteiger partial charge in [-0.05, 0) is 47.0 Å². The summed E-state index contributed by atoms with van der Waals surface area (Å²) in [5, 5.41) is 9.10. The van der Waals surface area contributed by atoms with Crippen LogP contribution in [0.4, 0.5) is 0 Å². The third-order valence-electron chi connectivity index (χ3n) is 8.45. The van der Waals surface area contributed by atoms with Gasteiger partial charge >= 0.3 is 0 Å². The van der Waals surface area contributed by atoms with Crippen LogP contribution in [0.1, 0.15) is 46.3 Å². The summed E-state index contributed by atoms with van der Waals surface area (Å²) >= 11 is 3.72. The topological polar surface area (TPSA) is 92.2 Å². The maximum absolute atomic E-state index is 14.7. The number of nitrogens with zero attached hydrogens (tertiary/aromatic N) is 1. The molecule has 6 rings (SSSR count). The lowest BCUT2D eigenvalue weighted by atomic mass is 9.82. The fraction of sp³-hybridized carbons (Fsp3) is 0.200. The van der Waals surface area contributed by atoms with Crippen molar-refractivity contribution >= 4 is 27.7 Å². The second kappa shape index (κ2) is 15.9. The highest BCUT2D eigenvalue weighted by Crippen LogP contribution is 2.44. The van der Waals surface area contributed by atoms with E-state index in [0.717, 1.165) is 32.3 Å². The summed E-state index contributed by atoms with van der Waals surface area (Å²) in [4.78, 5) is 19.8. The van der Waals surface area contributed by atoms with Crippen molar-refractivity contribution in [3.63, 3.8) is 0 Å². The van der Waals surface area contributed by atoms with Gasteiger partial charge in [0, 0.05) is 47.5 Å². The molecular weight excluding hydrogens is 666 g/mol. The summed E-state index contributed by atoms with van der Waals surface area (Å²) in [7, 11) is 0.